The van der Waals surface area contributed by atoms with Crippen LogP contribution in [0, 0.1) is 20.8 Å². The lowest BCUT2D eigenvalue weighted by molar-refractivity contribution is -0.137. The number of hydrogen-bond acceptors (Lipinski definition) is 3. The van der Waals surface area contributed by atoms with Crippen LogP contribution in [0.2, 0.25) is 0 Å². The Morgan fingerprint density at radius 3 is 1.86 bits per heavy atom. The Morgan fingerprint density at radius 1 is 0.743 bits per heavy atom. The average Bonchev–Trinajstić information content (AvgIpc) is 2.88. The maximum absolute atomic E-state index is 11.2. The van der Waals surface area contributed by atoms with Gasteiger partial charge in [0, 0.05) is 29.6 Å². The van der Waals surface area contributed by atoms with E-state index in [1.807, 2.05) is 0 Å². The first-order valence-electron chi connectivity index (χ1n) is 11.9. The zero-order valence-electron chi connectivity index (χ0n) is 20.6. The van der Waals surface area contributed by atoms with E-state index in [9.17, 15) is 4.79 Å². The van der Waals surface area contributed by atoms with Crippen molar-refractivity contribution in [2.75, 3.05) is 11.5 Å². The second kappa shape index (κ2) is 10.9. The molecule has 4 aromatic rings. The zero-order chi connectivity index (χ0) is 24.8. The van der Waals surface area contributed by atoms with Crippen LogP contribution < -0.4 is 4.90 Å². The number of aryl methyl sites for hydroxylation is 3. The van der Waals surface area contributed by atoms with E-state index < -0.39 is 0 Å². The molecule has 3 heteroatoms. The Bertz CT molecular complexity index is 1300. The van der Waals surface area contributed by atoms with Gasteiger partial charge in [-0.25, -0.2) is 4.79 Å². The summed E-state index contributed by atoms with van der Waals surface area (Å²) in [5, 5.41) is 0. The standard InChI is InChI=1S/C32H31NO2/c1-5-32(34)35-21-20-26-9-11-27(12-10-26)28-13-18-30(19-14-28)33(29-15-6-23(2)7-16-29)31-17-8-24(3)25(4)22-31/h5-19,22H,1,20-21H2,2-4H3. The highest BCUT2D eigenvalue weighted by atomic mass is 16.5. The van der Waals surface area contributed by atoms with E-state index in [0.717, 1.165) is 33.8 Å². The van der Waals surface area contributed by atoms with Crippen molar-refractivity contribution < 1.29 is 9.53 Å². The summed E-state index contributed by atoms with van der Waals surface area (Å²) < 4.78 is 5.08. The molecule has 0 aliphatic heterocycles. The Morgan fingerprint density at radius 2 is 1.29 bits per heavy atom. The molecule has 0 saturated heterocycles. The van der Waals surface area contributed by atoms with Crippen molar-refractivity contribution in [3.63, 3.8) is 0 Å². The first-order chi connectivity index (χ1) is 16.9. The second-order valence-corrected chi connectivity index (χ2v) is 8.80. The van der Waals surface area contributed by atoms with Crippen LogP contribution in [0.3, 0.4) is 0 Å². The van der Waals surface area contributed by atoms with Crippen molar-refractivity contribution in [3.8, 4) is 11.1 Å². The van der Waals surface area contributed by atoms with Gasteiger partial charge in [-0.05, 0) is 85.0 Å². The number of hydrogen-bond donors (Lipinski definition) is 0. The molecule has 0 N–H and O–H groups in total. The van der Waals surface area contributed by atoms with Crippen molar-refractivity contribution in [1.29, 1.82) is 0 Å². The molecule has 0 unspecified atom stereocenters. The molecule has 0 heterocycles. The molecule has 4 rings (SSSR count). The van der Waals surface area contributed by atoms with Gasteiger partial charge in [-0.3, -0.25) is 0 Å². The van der Waals surface area contributed by atoms with Crippen molar-refractivity contribution >= 4 is 23.0 Å². The monoisotopic (exact) mass is 461 g/mol. The highest BCUT2D eigenvalue weighted by molar-refractivity contribution is 5.81. The molecule has 0 aliphatic carbocycles. The molecule has 176 valence electrons. The van der Waals surface area contributed by atoms with Gasteiger partial charge in [0.2, 0.25) is 0 Å². The van der Waals surface area contributed by atoms with E-state index in [2.05, 4.69) is 123 Å². The van der Waals surface area contributed by atoms with E-state index in [-0.39, 0.29) is 5.97 Å². The Kier molecular flexibility index (Phi) is 7.47. The van der Waals surface area contributed by atoms with Crippen LogP contribution in [0.25, 0.3) is 11.1 Å². The first kappa shape index (κ1) is 24.0. The highest BCUT2D eigenvalue weighted by Crippen LogP contribution is 2.36. The number of anilines is 3. The van der Waals surface area contributed by atoms with Gasteiger partial charge in [0.1, 0.15) is 0 Å². The van der Waals surface area contributed by atoms with Gasteiger partial charge >= 0.3 is 5.97 Å². The molecule has 3 nitrogen and oxygen atoms in total. The van der Waals surface area contributed by atoms with Gasteiger partial charge < -0.3 is 9.64 Å². The fourth-order valence-electron chi connectivity index (χ4n) is 4.00. The zero-order valence-corrected chi connectivity index (χ0v) is 20.6. The summed E-state index contributed by atoms with van der Waals surface area (Å²) in [5.41, 5.74) is 10.6. The molecule has 0 fully saturated rings. The fraction of sp³-hybridized carbons (Fsp3) is 0.156. The topological polar surface area (TPSA) is 29.5 Å². The lowest BCUT2D eigenvalue weighted by Crippen LogP contribution is -2.10. The van der Waals surface area contributed by atoms with Crippen LogP contribution in [0.5, 0.6) is 0 Å². The average molecular weight is 462 g/mol. The number of rotatable bonds is 8. The van der Waals surface area contributed by atoms with E-state index in [4.69, 9.17) is 4.74 Å². The predicted molar refractivity (Wildman–Crippen MR) is 146 cm³/mol. The van der Waals surface area contributed by atoms with Gasteiger partial charge in [0.15, 0.2) is 0 Å². The first-order valence-corrected chi connectivity index (χ1v) is 11.9. The third-order valence-corrected chi connectivity index (χ3v) is 6.26. The maximum atomic E-state index is 11.2. The Labute approximate surface area is 208 Å². The summed E-state index contributed by atoms with van der Waals surface area (Å²) in [6.07, 6.45) is 1.87. The summed E-state index contributed by atoms with van der Waals surface area (Å²) >= 11 is 0. The molecule has 0 saturated carbocycles. The van der Waals surface area contributed by atoms with Gasteiger partial charge in [-0.15, -0.1) is 0 Å². The predicted octanol–water partition coefficient (Wildman–Crippen LogP) is 8.02. The van der Waals surface area contributed by atoms with Crippen LogP contribution in [-0.2, 0) is 16.0 Å². The van der Waals surface area contributed by atoms with Gasteiger partial charge in [-0.1, -0.05) is 66.7 Å². The van der Waals surface area contributed by atoms with Crippen molar-refractivity contribution in [2.24, 2.45) is 0 Å². The molecule has 0 radical (unpaired) electrons. The molecule has 0 amide bonds. The summed E-state index contributed by atoms with van der Waals surface area (Å²) in [7, 11) is 0. The molecule has 0 spiro atoms. The molecular weight excluding hydrogens is 430 g/mol. The summed E-state index contributed by atoms with van der Waals surface area (Å²) in [6.45, 7) is 10.2. The minimum Gasteiger partial charge on any atom is -0.462 e. The smallest absolute Gasteiger partial charge is 0.330 e. The van der Waals surface area contributed by atoms with Crippen LogP contribution in [-0.4, -0.2) is 12.6 Å². The largest absolute Gasteiger partial charge is 0.462 e. The Hall–Kier alpha value is -4.11. The number of benzene rings is 4. The molecule has 4 aromatic carbocycles. The SMILES string of the molecule is C=CC(=O)OCCc1ccc(-c2ccc(N(c3ccc(C)cc3)c3ccc(C)c(C)c3)cc2)cc1. The van der Waals surface area contributed by atoms with Crippen molar-refractivity contribution in [3.05, 3.63) is 126 Å². The quantitative estimate of drug-likeness (QED) is 0.196. The summed E-state index contributed by atoms with van der Waals surface area (Å²) in [4.78, 5) is 13.5. The van der Waals surface area contributed by atoms with Crippen molar-refractivity contribution in [1.82, 2.24) is 0 Å². The highest BCUT2D eigenvalue weighted by Gasteiger charge is 2.13. The third-order valence-electron chi connectivity index (χ3n) is 6.26. The normalized spacial score (nSPS) is 10.6. The van der Waals surface area contributed by atoms with Gasteiger partial charge in [0.05, 0.1) is 6.61 Å². The summed E-state index contributed by atoms with van der Waals surface area (Å²) in [6, 6.07) is 32.3. The number of ether oxygens (including phenoxy) is 1. The van der Waals surface area contributed by atoms with E-state index in [1.165, 1.54) is 22.8 Å². The number of carbonyl (C=O) groups is 1. The molecule has 0 aromatic heterocycles. The van der Waals surface area contributed by atoms with E-state index >= 15 is 0 Å². The number of nitrogens with zero attached hydrogens (tertiary/aromatic N) is 1. The fourth-order valence-corrected chi connectivity index (χ4v) is 4.00. The van der Waals surface area contributed by atoms with Gasteiger partial charge in [0.25, 0.3) is 0 Å². The lowest BCUT2D eigenvalue weighted by Gasteiger charge is -2.26. The second-order valence-electron chi connectivity index (χ2n) is 8.80. The third kappa shape index (κ3) is 5.88. The van der Waals surface area contributed by atoms with E-state index in [0.29, 0.717) is 13.0 Å². The van der Waals surface area contributed by atoms with E-state index in [1.54, 1.807) is 0 Å². The minimum absolute atomic E-state index is 0.353. The summed E-state index contributed by atoms with van der Waals surface area (Å²) in [5.74, 6) is -0.387. The lowest BCUT2D eigenvalue weighted by atomic mass is 10.0. The molecule has 0 bridgehead atoms. The number of carbonyl (C=O) groups excluding carboxylic acids is 1. The Balaban J connectivity index is 1.58. The molecule has 0 atom stereocenters. The van der Waals surface area contributed by atoms with Crippen LogP contribution in [0.15, 0.2) is 104 Å². The van der Waals surface area contributed by atoms with Crippen LogP contribution in [0.4, 0.5) is 17.1 Å². The van der Waals surface area contributed by atoms with Crippen LogP contribution >= 0.6 is 0 Å². The van der Waals surface area contributed by atoms with Crippen molar-refractivity contribution in [2.45, 2.75) is 27.2 Å². The molecule has 35 heavy (non-hydrogen) atoms. The number of esters is 1. The van der Waals surface area contributed by atoms with Crippen LogP contribution in [0.1, 0.15) is 22.3 Å². The molecular formula is C32H31NO2. The maximum Gasteiger partial charge on any atom is 0.330 e. The molecule has 0 aliphatic rings. The minimum atomic E-state index is -0.387. The van der Waals surface area contributed by atoms with Gasteiger partial charge in [-0.2, -0.15) is 0 Å².